The van der Waals surface area contributed by atoms with Crippen molar-refractivity contribution in [3.63, 3.8) is 0 Å². The lowest BCUT2D eigenvalue weighted by molar-refractivity contribution is -0.0948. The molecule has 426 valence electrons. The van der Waals surface area contributed by atoms with E-state index in [-0.39, 0.29) is 41.1 Å². The van der Waals surface area contributed by atoms with Gasteiger partial charge in [-0.1, -0.05) is 117 Å². The molecule has 81 heavy (non-hydrogen) atoms. The molecule has 7 atom stereocenters. The lowest BCUT2D eigenvalue weighted by atomic mass is 9.80. The molecule has 2 aromatic heterocycles. The van der Waals surface area contributed by atoms with Crippen LogP contribution >= 0.6 is 19.4 Å². The number of amides is 1. The fraction of sp³-hybridized carbons (Fsp3) is 0.339. The summed E-state index contributed by atoms with van der Waals surface area (Å²) in [7, 11) is -4.31. The van der Waals surface area contributed by atoms with E-state index >= 15 is 4.57 Å². The number of hydrogen-bond acceptors (Lipinski definition) is 15. The number of anilines is 1. The number of phosphoric ester groups is 1. The smallest absolute Gasteiger partial charge is 0.497 e. The highest BCUT2D eigenvalue weighted by atomic mass is 35.5. The number of halogens is 1. The van der Waals surface area contributed by atoms with Crippen LogP contribution in [0.2, 0.25) is 23.2 Å². The quantitative estimate of drug-likeness (QED) is 0.0388. The third-order valence-electron chi connectivity index (χ3n) is 14.8. The fourth-order valence-electron chi connectivity index (χ4n) is 9.44. The summed E-state index contributed by atoms with van der Waals surface area (Å²) >= 11 is 6.69. The normalized spacial score (nSPS) is 20.1. The van der Waals surface area contributed by atoms with Crippen LogP contribution in [-0.2, 0) is 37.9 Å². The van der Waals surface area contributed by atoms with Gasteiger partial charge in [0, 0.05) is 36.4 Å². The first-order valence-corrected chi connectivity index (χ1v) is 31.1. The standard InChI is InChI=1S/C59H65ClN5O14PSi/c1-38-35-65(57(69)63-54(38)66)53-34-48(79-81(7,8)58(2,3)4)50(76-53)37-74-80(70,77-46-22-16-15-21-45(46)60)78-47-33-52(64-32-31-51(62-56(64)68)61-55(67)39-17-11-9-12-18-39)75-49(47)36-73-59(40-19-13-10-14-20-40,41-23-27-43(71-5)28-24-41)42-25-29-44(72-6)30-26-42/h9-32,35,47-50,52-53H,33-34,36-37H2,1-8H3,(H,63,66,69)(H,61,62,67,68)/t47-,48-,49+,50+,52+,53+,80?/m0/s1. The van der Waals surface area contributed by atoms with Crippen molar-refractivity contribution in [1.29, 1.82) is 0 Å². The highest BCUT2D eigenvalue weighted by molar-refractivity contribution is 7.49. The Kier molecular flexibility index (Phi) is 17.8. The number of rotatable bonds is 21. The minimum atomic E-state index is -4.91. The number of aromatic nitrogens is 4. The first-order valence-electron chi connectivity index (χ1n) is 26.3. The van der Waals surface area contributed by atoms with Crippen LogP contribution in [0.15, 0.2) is 166 Å². The molecule has 1 unspecified atom stereocenters. The van der Waals surface area contributed by atoms with Gasteiger partial charge in [0.15, 0.2) is 8.32 Å². The van der Waals surface area contributed by atoms with E-state index in [0.717, 1.165) is 5.56 Å². The summed E-state index contributed by atoms with van der Waals surface area (Å²) < 4.78 is 76.5. The number of methoxy groups -OCH3 is 2. The van der Waals surface area contributed by atoms with Crippen LogP contribution in [0.1, 0.15) is 78.7 Å². The second-order valence-electron chi connectivity index (χ2n) is 21.2. The molecule has 0 spiro atoms. The van der Waals surface area contributed by atoms with Crippen molar-refractivity contribution >= 4 is 39.5 Å². The summed E-state index contributed by atoms with van der Waals surface area (Å²) in [6.07, 6.45) is -3.18. The Labute approximate surface area is 474 Å². The number of phosphoric acid groups is 1. The Balaban J connectivity index is 1.10. The highest BCUT2D eigenvalue weighted by Crippen LogP contribution is 2.55. The van der Waals surface area contributed by atoms with Gasteiger partial charge in [-0.25, -0.2) is 14.2 Å². The molecule has 2 aliphatic heterocycles. The Morgan fingerprint density at radius 2 is 1.31 bits per heavy atom. The second kappa shape index (κ2) is 24.6. The number of ether oxygens (including phenoxy) is 5. The molecule has 2 N–H and O–H groups in total. The maximum atomic E-state index is 15.8. The second-order valence-corrected chi connectivity index (χ2v) is 27.9. The van der Waals surface area contributed by atoms with E-state index in [4.69, 9.17) is 53.3 Å². The summed E-state index contributed by atoms with van der Waals surface area (Å²) in [5.41, 5.74) is -0.537. The van der Waals surface area contributed by atoms with Crippen LogP contribution < -0.4 is 36.3 Å². The SMILES string of the molecule is COc1ccc(C(OC[C@H]2O[C@@H](n3ccc(NC(=O)c4ccccc4)nc3=O)C[C@@H]2OP(=O)(OC[C@H]2O[C@@H](n3cc(C)c(=O)[nH]c3=O)C[C@@H]2O[Si](C)(C)C(C)(C)C)Oc2ccccc2Cl)(c2ccccc2)c2ccc(OC)cc2)cc1. The van der Waals surface area contributed by atoms with Crippen LogP contribution in [0.4, 0.5) is 5.82 Å². The van der Waals surface area contributed by atoms with Gasteiger partial charge < -0.3 is 38.0 Å². The van der Waals surface area contributed by atoms with Crippen molar-refractivity contribution in [3.05, 3.63) is 216 Å². The molecular weight excluding hydrogens is 1100 g/mol. The minimum Gasteiger partial charge on any atom is -0.497 e. The molecule has 19 nitrogen and oxygen atoms in total. The van der Waals surface area contributed by atoms with E-state index in [1.807, 2.05) is 78.9 Å². The summed E-state index contributed by atoms with van der Waals surface area (Å²) in [6, 6.07) is 40.8. The average molecular weight is 1160 g/mol. The van der Waals surface area contributed by atoms with Crippen molar-refractivity contribution in [1.82, 2.24) is 19.1 Å². The lowest BCUT2D eigenvalue weighted by Crippen LogP contribution is -2.46. The number of carbonyl (C=O) groups excluding carboxylic acids is 1. The number of nitrogens with zero attached hydrogens (tertiary/aromatic N) is 3. The molecule has 0 radical (unpaired) electrons. The molecule has 22 heteroatoms. The number of benzene rings is 5. The molecule has 0 aliphatic carbocycles. The van der Waals surface area contributed by atoms with Gasteiger partial charge in [-0.05, 0) is 96.3 Å². The van der Waals surface area contributed by atoms with E-state index in [0.29, 0.717) is 33.8 Å². The first kappa shape index (κ1) is 58.7. The number of aromatic amines is 1. The molecule has 5 aromatic carbocycles. The van der Waals surface area contributed by atoms with Crippen molar-refractivity contribution in [3.8, 4) is 17.2 Å². The average Bonchev–Trinajstić information content (AvgIpc) is 4.14. The fourth-order valence-corrected chi connectivity index (χ4v) is 12.5. The van der Waals surface area contributed by atoms with E-state index in [1.165, 1.54) is 33.7 Å². The first-order chi connectivity index (χ1) is 38.7. The molecule has 2 saturated heterocycles. The van der Waals surface area contributed by atoms with Gasteiger partial charge in [0.2, 0.25) is 0 Å². The zero-order chi connectivity index (χ0) is 57.7. The van der Waals surface area contributed by atoms with Crippen LogP contribution in [-0.4, -0.2) is 85.2 Å². The maximum absolute atomic E-state index is 15.8. The van der Waals surface area contributed by atoms with Gasteiger partial charge in [0.25, 0.3) is 11.5 Å². The van der Waals surface area contributed by atoms with Crippen molar-refractivity contribution < 1.29 is 51.0 Å². The van der Waals surface area contributed by atoms with Gasteiger partial charge in [-0.2, -0.15) is 4.98 Å². The van der Waals surface area contributed by atoms with E-state index in [1.54, 1.807) is 69.7 Å². The minimum absolute atomic E-state index is 0.00113. The number of H-pyrrole nitrogens is 1. The van der Waals surface area contributed by atoms with Crippen LogP contribution in [0.3, 0.4) is 0 Å². The number of nitrogens with one attached hydrogen (secondary N) is 2. The predicted octanol–water partition coefficient (Wildman–Crippen LogP) is 10.6. The summed E-state index contributed by atoms with van der Waals surface area (Å²) in [4.78, 5) is 59.5. The highest BCUT2D eigenvalue weighted by Gasteiger charge is 2.50. The molecule has 0 bridgehead atoms. The number of aryl methyl sites for hydroxylation is 1. The Morgan fingerprint density at radius 3 is 1.90 bits per heavy atom. The summed E-state index contributed by atoms with van der Waals surface area (Å²) in [5.74, 6) is 0.727. The van der Waals surface area contributed by atoms with Crippen LogP contribution in [0.25, 0.3) is 0 Å². The summed E-state index contributed by atoms with van der Waals surface area (Å²) in [5, 5.41) is 2.52. The van der Waals surface area contributed by atoms with E-state index in [2.05, 4.69) is 49.1 Å². The van der Waals surface area contributed by atoms with Gasteiger partial charge >= 0.3 is 19.2 Å². The van der Waals surface area contributed by atoms with Gasteiger partial charge in [0.05, 0.1) is 38.6 Å². The maximum Gasteiger partial charge on any atom is 0.530 e. The molecule has 7 aromatic rings. The van der Waals surface area contributed by atoms with Crippen LogP contribution in [0, 0.1) is 6.92 Å². The summed E-state index contributed by atoms with van der Waals surface area (Å²) in [6.45, 7) is 11.3. The third kappa shape index (κ3) is 13.2. The Morgan fingerprint density at radius 1 is 0.753 bits per heavy atom. The van der Waals surface area contributed by atoms with Crippen molar-refractivity contribution in [2.45, 2.75) is 101 Å². The molecule has 2 aliphatic rings. The number of hydrogen-bond donors (Lipinski definition) is 2. The zero-order valence-electron chi connectivity index (χ0n) is 46.1. The molecule has 9 rings (SSSR count). The van der Waals surface area contributed by atoms with E-state index in [9.17, 15) is 19.2 Å². The molecular formula is C59H65ClN5O14PSi. The lowest BCUT2D eigenvalue weighted by Gasteiger charge is -2.39. The molecule has 4 heterocycles. The monoisotopic (exact) mass is 1160 g/mol. The zero-order valence-corrected chi connectivity index (χ0v) is 48.8. The predicted molar refractivity (Wildman–Crippen MR) is 307 cm³/mol. The topological polar surface area (TPSA) is 219 Å². The van der Waals surface area contributed by atoms with Gasteiger partial charge in [0.1, 0.15) is 59.4 Å². The largest absolute Gasteiger partial charge is 0.530 e. The van der Waals surface area contributed by atoms with Crippen LogP contribution in [0.5, 0.6) is 17.2 Å². The molecule has 0 saturated carbocycles. The van der Waals surface area contributed by atoms with Crippen molar-refractivity contribution in [2.24, 2.45) is 0 Å². The Hall–Kier alpha value is -6.97. The number of carbonyl (C=O) groups is 1. The van der Waals surface area contributed by atoms with Gasteiger partial charge in [-0.3, -0.25) is 32.8 Å². The number of para-hydroxylation sites is 1. The van der Waals surface area contributed by atoms with E-state index < -0.39 is 88.1 Å². The molecule has 1 amide bonds. The Bertz CT molecular complexity index is 3500. The molecule has 2 fully saturated rings. The third-order valence-corrected chi connectivity index (χ3v) is 21.1. The van der Waals surface area contributed by atoms with Gasteiger partial charge in [-0.15, -0.1) is 0 Å². The van der Waals surface area contributed by atoms with Crippen molar-refractivity contribution in [2.75, 3.05) is 32.8 Å².